The third kappa shape index (κ3) is 3.41. The summed E-state index contributed by atoms with van der Waals surface area (Å²) < 4.78 is 17.3. The van der Waals surface area contributed by atoms with Crippen LogP contribution in [0.15, 0.2) is 85.6 Å². The minimum absolute atomic E-state index is 0.327. The number of hydrogen-bond donors (Lipinski definition) is 2. The molecule has 5 aromatic rings. The van der Waals surface area contributed by atoms with E-state index in [0.29, 0.717) is 27.8 Å². The summed E-state index contributed by atoms with van der Waals surface area (Å²) in [6.45, 7) is 0. The highest BCUT2D eigenvalue weighted by Gasteiger charge is 2.38. The van der Waals surface area contributed by atoms with E-state index in [4.69, 9.17) is 11.6 Å². The van der Waals surface area contributed by atoms with E-state index < -0.39 is 5.60 Å². The first kappa shape index (κ1) is 21.5. The zero-order valence-corrected chi connectivity index (χ0v) is 19.4. The molecular weight excluding hydrogens is 467 g/mol. The summed E-state index contributed by atoms with van der Waals surface area (Å²) >= 11 is 6.33. The fourth-order valence-electron chi connectivity index (χ4n) is 4.77. The van der Waals surface area contributed by atoms with Crippen molar-refractivity contribution in [1.29, 1.82) is 0 Å². The predicted molar refractivity (Wildman–Crippen MR) is 130 cm³/mol. The first-order chi connectivity index (χ1) is 16.9. The third-order valence-electron chi connectivity index (χ3n) is 6.44. The monoisotopic (exact) mass is 486 g/mol. The summed E-state index contributed by atoms with van der Waals surface area (Å²) in [7, 11) is 1.81. The SMILES string of the molecule is Cn1cncc1C(O)(c1ccc(F)cc1)c1ccc2c(c1)C(c1cccc(Cl)c1)n1ncnc1N2. The number of aryl methyl sites for hydroxylation is 1. The molecule has 2 N–H and O–H groups in total. The minimum atomic E-state index is -1.59. The van der Waals surface area contributed by atoms with E-state index in [1.54, 1.807) is 33.9 Å². The molecule has 0 amide bonds. The molecule has 2 atom stereocenters. The number of aromatic nitrogens is 5. The van der Waals surface area contributed by atoms with Crippen LogP contribution in [0.1, 0.15) is 34.0 Å². The van der Waals surface area contributed by atoms with Gasteiger partial charge in [-0.1, -0.05) is 41.9 Å². The third-order valence-corrected chi connectivity index (χ3v) is 6.68. The maximum Gasteiger partial charge on any atom is 0.226 e. The van der Waals surface area contributed by atoms with Crippen LogP contribution in [-0.4, -0.2) is 29.4 Å². The van der Waals surface area contributed by atoms with Crippen molar-refractivity contribution in [3.63, 3.8) is 0 Å². The van der Waals surface area contributed by atoms with Gasteiger partial charge in [0.05, 0.1) is 18.2 Å². The Hall–Kier alpha value is -4.01. The van der Waals surface area contributed by atoms with Crippen LogP contribution in [0.5, 0.6) is 0 Å². The van der Waals surface area contributed by atoms with E-state index in [9.17, 15) is 9.50 Å². The fraction of sp³-hybridized carbons (Fsp3) is 0.115. The lowest BCUT2D eigenvalue weighted by Gasteiger charge is -2.33. The molecule has 2 aromatic heterocycles. The Morgan fingerprint density at radius 1 is 1.06 bits per heavy atom. The van der Waals surface area contributed by atoms with E-state index >= 15 is 0 Å². The van der Waals surface area contributed by atoms with Crippen molar-refractivity contribution in [2.24, 2.45) is 7.05 Å². The first-order valence-electron chi connectivity index (χ1n) is 11.0. The summed E-state index contributed by atoms with van der Waals surface area (Å²) in [6, 6.07) is 18.8. The van der Waals surface area contributed by atoms with Crippen molar-refractivity contribution >= 4 is 23.2 Å². The average Bonchev–Trinajstić information content (AvgIpc) is 3.51. The normalized spacial score (nSPS) is 16.2. The zero-order valence-electron chi connectivity index (χ0n) is 18.6. The highest BCUT2D eigenvalue weighted by molar-refractivity contribution is 6.30. The van der Waals surface area contributed by atoms with Crippen LogP contribution in [0.2, 0.25) is 5.02 Å². The molecule has 2 unspecified atom stereocenters. The zero-order chi connectivity index (χ0) is 24.2. The van der Waals surface area contributed by atoms with Gasteiger partial charge in [-0.15, -0.1) is 0 Å². The molecule has 1 aliphatic rings. The molecule has 6 rings (SSSR count). The molecule has 1 aliphatic heterocycles. The van der Waals surface area contributed by atoms with Gasteiger partial charge in [0, 0.05) is 23.3 Å². The molecule has 0 spiro atoms. The van der Waals surface area contributed by atoms with Gasteiger partial charge in [0.2, 0.25) is 5.95 Å². The van der Waals surface area contributed by atoms with Crippen LogP contribution in [0.4, 0.5) is 16.0 Å². The molecule has 3 heterocycles. The Kier molecular flexibility index (Phi) is 4.94. The van der Waals surface area contributed by atoms with Crippen LogP contribution in [0.25, 0.3) is 0 Å². The van der Waals surface area contributed by atoms with Crippen molar-refractivity contribution in [3.05, 3.63) is 124 Å². The number of halogens is 2. The minimum Gasteiger partial charge on any atom is -0.374 e. The first-order valence-corrected chi connectivity index (χ1v) is 11.3. The van der Waals surface area contributed by atoms with E-state index in [1.165, 1.54) is 18.5 Å². The topological polar surface area (TPSA) is 80.8 Å². The van der Waals surface area contributed by atoms with E-state index in [2.05, 4.69) is 20.4 Å². The highest BCUT2D eigenvalue weighted by Crippen LogP contribution is 2.43. The van der Waals surface area contributed by atoms with Gasteiger partial charge >= 0.3 is 0 Å². The van der Waals surface area contributed by atoms with Crippen molar-refractivity contribution in [2.75, 3.05) is 5.32 Å². The smallest absolute Gasteiger partial charge is 0.226 e. The second kappa shape index (κ2) is 8.04. The number of benzene rings is 3. The summed E-state index contributed by atoms with van der Waals surface area (Å²) in [6.07, 6.45) is 4.74. The summed E-state index contributed by atoms with van der Waals surface area (Å²) in [5, 5.41) is 20.7. The van der Waals surface area contributed by atoms with E-state index in [-0.39, 0.29) is 11.9 Å². The molecule has 0 aliphatic carbocycles. The second-order valence-electron chi connectivity index (χ2n) is 8.52. The molecule has 0 saturated heterocycles. The lowest BCUT2D eigenvalue weighted by atomic mass is 9.81. The maximum absolute atomic E-state index is 13.8. The van der Waals surface area contributed by atoms with Crippen LogP contribution in [-0.2, 0) is 12.6 Å². The fourth-order valence-corrected chi connectivity index (χ4v) is 4.96. The molecule has 3 aromatic carbocycles. The van der Waals surface area contributed by atoms with Crippen LogP contribution in [0.3, 0.4) is 0 Å². The number of hydrogen-bond acceptors (Lipinski definition) is 5. The molecule has 174 valence electrons. The number of aliphatic hydroxyl groups is 1. The molecule has 0 fully saturated rings. The summed E-state index contributed by atoms with van der Waals surface area (Å²) in [5.41, 5.74) is 2.73. The summed E-state index contributed by atoms with van der Waals surface area (Å²) in [4.78, 5) is 8.56. The van der Waals surface area contributed by atoms with Gasteiger partial charge in [0.25, 0.3) is 0 Å². The molecule has 9 heteroatoms. The van der Waals surface area contributed by atoms with Gasteiger partial charge in [0.1, 0.15) is 18.2 Å². The second-order valence-corrected chi connectivity index (χ2v) is 8.96. The molecular formula is C26H20ClFN6O. The number of rotatable bonds is 4. The Balaban J connectivity index is 1.58. The Morgan fingerprint density at radius 2 is 1.86 bits per heavy atom. The van der Waals surface area contributed by atoms with Crippen LogP contribution in [0, 0.1) is 5.82 Å². The van der Waals surface area contributed by atoms with Crippen molar-refractivity contribution in [2.45, 2.75) is 11.6 Å². The highest BCUT2D eigenvalue weighted by atomic mass is 35.5. The Morgan fingerprint density at radius 3 is 2.60 bits per heavy atom. The van der Waals surface area contributed by atoms with Crippen LogP contribution >= 0.6 is 11.6 Å². The van der Waals surface area contributed by atoms with E-state index in [1.807, 2.05) is 49.5 Å². The molecule has 0 saturated carbocycles. The van der Waals surface area contributed by atoms with Crippen molar-refractivity contribution in [3.8, 4) is 0 Å². The molecule has 7 nitrogen and oxygen atoms in total. The number of anilines is 2. The molecule has 0 radical (unpaired) electrons. The standard InChI is InChI=1S/C26H20ClFN6O/c1-33-15-29-13-23(33)26(35,17-5-8-20(28)9-6-17)18-7-10-22-21(12-18)24(16-3-2-4-19(27)11-16)34-25(32-22)30-14-31-34/h2-15,24,35H,1H3,(H,30,31,32). The number of nitrogens with zero attached hydrogens (tertiary/aromatic N) is 5. The number of imidazole rings is 1. The lowest BCUT2D eigenvalue weighted by molar-refractivity contribution is 0.117. The van der Waals surface area contributed by atoms with Gasteiger partial charge in [-0.2, -0.15) is 10.1 Å². The van der Waals surface area contributed by atoms with E-state index in [0.717, 1.165) is 16.8 Å². The number of nitrogens with one attached hydrogen (secondary N) is 1. The maximum atomic E-state index is 13.8. The summed E-state index contributed by atoms with van der Waals surface area (Å²) in [5.74, 6) is 0.228. The Labute approximate surface area is 205 Å². The lowest BCUT2D eigenvalue weighted by Crippen LogP contribution is -2.32. The average molecular weight is 487 g/mol. The van der Waals surface area contributed by atoms with Gasteiger partial charge in [-0.25, -0.2) is 14.1 Å². The van der Waals surface area contributed by atoms with Gasteiger partial charge in [-0.05, 0) is 53.1 Å². The number of fused-ring (bicyclic) bond motifs is 2. The predicted octanol–water partition coefficient (Wildman–Crippen LogP) is 4.78. The van der Waals surface area contributed by atoms with Gasteiger partial charge < -0.3 is 15.0 Å². The van der Waals surface area contributed by atoms with Gasteiger partial charge in [0.15, 0.2) is 5.60 Å². The molecule has 0 bridgehead atoms. The molecule has 35 heavy (non-hydrogen) atoms. The quantitative estimate of drug-likeness (QED) is 0.375. The largest absolute Gasteiger partial charge is 0.374 e. The van der Waals surface area contributed by atoms with Gasteiger partial charge in [-0.3, -0.25) is 0 Å². The van der Waals surface area contributed by atoms with Crippen molar-refractivity contribution in [1.82, 2.24) is 24.3 Å². The van der Waals surface area contributed by atoms with Crippen LogP contribution < -0.4 is 5.32 Å². The Bertz CT molecular complexity index is 1550. The van der Waals surface area contributed by atoms with Crippen molar-refractivity contribution < 1.29 is 9.50 Å².